The van der Waals surface area contributed by atoms with E-state index >= 15 is 0 Å². The molecule has 0 aliphatic carbocycles. The second-order valence-corrected chi connectivity index (χ2v) is 3.35. The third-order valence-corrected chi connectivity index (χ3v) is 2.29. The predicted molar refractivity (Wildman–Crippen MR) is 58.1 cm³/mol. The smallest absolute Gasteiger partial charge is 0.311 e. The molecule has 9 heteroatoms. The molecule has 0 amide bonds. The summed E-state index contributed by atoms with van der Waals surface area (Å²) in [6, 6.07) is 0. The summed E-state index contributed by atoms with van der Waals surface area (Å²) in [5.41, 5.74) is -2.23. The van der Waals surface area contributed by atoms with Crippen LogP contribution in [0, 0.1) is 10.1 Å². The van der Waals surface area contributed by atoms with Crippen molar-refractivity contribution in [3.63, 3.8) is 0 Å². The molecule has 0 aliphatic rings. The fraction of sp³-hybridized carbons (Fsp3) is 0.400. The van der Waals surface area contributed by atoms with Crippen molar-refractivity contribution in [3.05, 3.63) is 27.6 Å². The van der Waals surface area contributed by atoms with Gasteiger partial charge in [-0.1, -0.05) is 0 Å². The average Bonchev–Trinajstić information content (AvgIpc) is 2.37. The number of ether oxygens (including phenoxy) is 2. The highest BCUT2D eigenvalue weighted by Gasteiger charge is 2.32. The lowest BCUT2D eigenvalue weighted by molar-refractivity contribution is -0.387. The van der Waals surface area contributed by atoms with Crippen LogP contribution in [0.3, 0.4) is 0 Å². The first-order valence-electron chi connectivity index (χ1n) is 4.97. The SMILES string of the molecule is COC(=O)Cc1ncc(OC)c(C(F)F)c1[N+](=O)[O-]. The van der Waals surface area contributed by atoms with Crippen molar-refractivity contribution < 1.29 is 28.0 Å². The fourth-order valence-corrected chi connectivity index (χ4v) is 1.45. The Hall–Kier alpha value is -2.32. The molecule has 0 spiro atoms. The van der Waals surface area contributed by atoms with Gasteiger partial charge in [0.25, 0.3) is 6.43 Å². The van der Waals surface area contributed by atoms with E-state index in [1.54, 1.807) is 0 Å². The molecule has 0 saturated heterocycles. The van der Waals surface area contributed by atoms with Gasteiger partial charge in [0.1, 0.15) is 11.3 Å². The molecule has 0 bridgehead atoms. The highest BCUT2D eigenvalue weighted by molar-refractivity contribution is 5.74. The molecular formula is C10H10F2N2O5. The first-order valence-corrected chi connectivity index (χ1v) is 4.97. The van der Waals surface area contributed by atoms with Gasteiger partial charge in [0.2, 0.25) is 0 Å². The van der Waals surface area contributed by atoms with Gasteiger partial charge in [-0.3, -0.25) is 14.9 Å². The lowest BCUT2D eigenvalue weighted by Crippen LogP contribution is -2.11. The summed E-state index contributed by atoms with van der Waals surface area (Å²) in [7, 11) is 2.16. The number of carbonyl (C=O) groups excluding carboxylic acids is 1. The van der Waals surface area contributed by atoms with Crippen LogP contribution in [0.2, 0.25) is 0 Å². The van der Waals surface area contributed by atoms with Crippen LogP contribution >= 0.6 is 0 Å². The zero-order valence-corrected chi connectivity index (χ0v) is 10.1. The molecule has 0 N–H and O–H groups in total. The van der Waals surface area contributed by atoms with Crippen molar-refractivity contribution in [1.82, 2.24) is 4.98 Å². The largest absolute Gasteiger partial charge is 0.494 e. The first-order chi connectivity index (χ1) is 8.92. The molecule has 1 aromatic heterocycles. The second kappa shape index (κ2) is 6.03. The number of alkyl halides is 2. The van der Waals surface area contributed by atoms with Crippen molar-refractivity contribution in [1.29, 1.82) is 0 Å². The summed E-state index contributed by atoms with van der Waals surface area (Å²) < 4.78 is 34.8. The van der Waals surface area contributed by atoms with Crippen LogP contribution in [0.25, 0.3) is 0 Å². The quantitative estimate of drug-likeness (QED) is 0.461. The van der Waals surface area contributed by atoms with Crippen LogP contribution in [0.4, 0.5) is 14.5 Å². The Morgan fingerprint density at radius 3 is 2.58 bits per heavy atom. The number of methoxy groups -OCH3 is 2. The molecule has 104 valence electrons. The van der Waals surface area contributed by atoms with Crippen LogP contribution < -0.4 is 4.74 Å². The first kappa shape index (κ1) is 14.7. The Labute approximate surface area is 106 Å². The maximum atomic E-state index is 12.9. The normalized spacial score (nSPS) is 10.4. The van der Waals surface area contributed by atoms with Gasteiger partial charge in [0, 0.05) is 0 Å². The molecule has 7 nitrogen and oxygen atoms in total. The van der Waals surface area contributed by atoms with Crippen LogP contribution in [0.1, 0.15) is 17.7 Å². The number of hydrogen-bond donors (Lipinski definition) is 0. The Morgan fingerprint density at radius 2 is 2.16 bits per heavy atom. The van der Waals surface area contributed by atoms with Crippen molar-refractivity contribution >= 4 is 11.7 Å². The van der Waals surface area contributed by atoms with Gasteiger partial charge >= 0.3 is 11.7 Å². The molecule has 0 unspecified atom stereocenters. The number of rotatable bonds is 5. The van der Waals surface area contributed by atoms with E-state index in [0.717, 1.165) is 20.4 Å². The van der Waals surface area contributed by atoms with Crippen molar-refractivity contribution in [2.45, 2.75) is 12.8 Å². The summed E-state index contributed by atoms with van der Waals surface area (Å²) >= 11 is 0. The maximum Gasteiger partial charge on any atom is 0.311 e. The van der Waals surface area contributed by atoms with Crippen molar-refractivity contribution in [2.75, 3.05) is 14.2 Å². The van der Waals surface area contributed by atoms with Gasteiger partial charge in [-0.15, -0.1) is 0 Å². The van der Waals surface area contributed by atoms with Gasteiger partial charge in [0.15, 0.2) is 5.75 Å². The third kappa shape index (κ3) is 3.12. The third-order valence-electron chi connectivity index (χ3n) is 2.29. The molecule has 1 rings (SSSR count). The summed E-state index contributed by atoms with van der Waals surface area (Å²) in [6.07, 6.45) is -2.79. The van der Waals surface area contributed by atoms with Gasteiger partial charge in [-0.25, -0.2) is 13.8 Å². The lowest BCUT2D eigenvalue weighted by atomic mass is 10.1. The van der Waals surface area contributed by atoms with Crippen LogP contribution in [-0.4, -0.2) is 30.1 Å². The molecule has 0 atom stereocenters. The Balaban J connectivity index is 3.44. The molecule has 0 fully saturated rings. The van der Waals surface area contributed by atoms with Gasteiger partial charge in [-0.05, 0) is 0 Å². The fourth-order valence-electron chi connectivity index (χ4n) is 1.45. The van der Waals surface area contributed by atoms with Crippen LogP contribution in [-0.2, 0) is 16.0 Å². The Morgan fingerprint density at radius 1 is 1.53 bits per heavy atom. The van der Waals surface area contributed by atoms with Crippen molar-refractivity contribution in [3.8, 4) is 5.75 Å². The molecule has 0 aromatic carbocycles. The number of esters is 1. The highest BCUT2D eigenvalue weighted by atomic mass is 19.3. The number of hydrogen-bond acceptors (Lipinski definition) is 6. The Bertz CT molecular complexity index is 507. The van der Waals surface area contributed by atoms with Gasteiger partial charge in [0.05, 0.1) is 31.8 Å². The molecule has 0 aliphatic heterocycles. The van der Waals surface area contributed by atoms with E-state index in [4.69, 9.17) is 0 Å². The van der Waals surface area contributed by atoms with Crippen molar-refractivity contribution in [2.24, 2.45) is 0 Å². The second-order valence-electron chi connectivity index (χ2n) is 3.35. The summed E-state index contributed by atoms with van der Waals surface area (Å²) in [5, 5.41) is 10.9. The van der Waals surface area contributed by atoms with Crippen LogP contribution in [0.5, 0.6) is 5.75 Å². The monoisotopic (exact) mass is 276 g/mol. The average molecular weight is 276 g/mol. The predicted octanol–water partition coefficient (Wildman–Crippen LogP) is 1.65. The molecule has 0 saturated carbocycles. The van der Waals surface area contributed by atoms with E-state index in [9.17, 15) is 23.7 Å². The molecular weight excluding hydrogens is 266 g/mol. The zero-order valence-electron chi connectivity index (χ0n) is 10.1. The number of nitro groups is 1. The maximum absolute atomic E-state index is 12.9. The van der Waals surface area contributed by atoms with E-state index in [-0.39, 0.29) is 0 Å². The number of pyridine rings is 1. The lowest BCUT2D eigenvalue weighted by Gasteiger charge is -2.10. The number of nitrogens with zero attached hydrogens (tertiary/aromatic N) is 2. The zero-order chi connectivity index (χ0) is 14.6. The minimum atomic E-state index is -3.13. The summed E-state index contributed by atoms with van der Waals surface area (Å²) in [5.74, 6) is -1.23. The van der Waals surface area contributed by atoms with E-state index in [0.29, 0.717) is 0 Å². The minimum Gasteiger partial charge on any atom is -0.494 e. The van der Waals surface area contributed by atoms with E-state index in [2.05, 4.69) is 14.5 Å². The van der Waals surface area contributed by atoms with Gasteiger partial charge < -0.3 is 9.47 Å². The van der Waals surface area contributed by atoms with E-state index < -0.39 is 46.4 Å². The molecule has 1 aromatic rings. The van der Waals surface area contributed by atoms with E-state index in [1.807, 2.05) is 0 Å². The Kier molecular flexibility index (Phi) is 4.67. The molecule has 1 heterocycles. The highest BCUT2D eigenvalue weighted by Crippen LogP contribution is 2.38. The summed E-state index contributed by atoms with van der Waals surface area (Å²) in [4.78, 5) is 24.6. The standard InChI is InChI=1S/C10H10F2N2O5/c1-18-6-4-13-5(3-7(15)19-2)9(14(16)17)8(6)10(11)12/h4,10H,3H2,1-2H3. The molecule has 0 radical (unpaired) electrons. The molecule has 19 heavy (non-hydrogen) atoms. The van der Waals surface area contributed by atoms with Gasteiger partial charge in [-0.2, -0.15) is 0 Å². The van der Waals surface area contributed by atoms with Crippen LogP contribution in [0.15, 0.2) is 6.20 Å². The summed E-state index contributed by atoms with van der Waals surface area (Å²) in [6.45, 7) is 0. The number of carbonyl (C=O) groups is 1. The number of halogens is 2. The van der Waals surface area contributed by atoms with E-state index in [1.165, 1.54) is 0 Å². The number of aromatic nitrogens is 1. The minimum absolute atomic E-state index is 0.395. The topological polar surface area (TPSA) is 91.6 Å².